The number of rotatable bonds is 3. The molecular weight excluding hydrogens is 262 g/mol. The van der Waals surface area contributed by atoms with Crippen molar-refractivity contribution in [3.05, 3.63) is 58.9 Å². The molecule has 0 heterocycles. The first-order valence-corrected chi connectivity index (χ1v) is 5.88. The van der Waals surface area contributed by atoms with Gasteiger partial charge in [0.05, 0.1) is 5.02 Å². The zero-order valence-electron chi connectivity index (χ0n) is 8.79. The largest absolute Gasteiger partial charge is 0.456 e. The molecule has 0 radical (unpaired) electrons. The minimum absolute atomic E-state index is 0.233. The predicted octanol–water partition coefficient (Wildman–Crippen LogP) is 5.01. The van der Waals surface area contributed by atoms with Crippen LogP contribution in [0.5, 0.6) is 11.5 Å². The van der Waals surface area contributed by atoms with Crippen LogP contribution in [0, 0.1) is 5.82 Å². The third-order valence-corrected chi connectivity index (χ3v) is 2.77. The van der Waals surface area contributed by atoms with Gasteiger partial charge in [0.25, 0.3) is 0 Å². The van der Waals surface area contributed by atoms with Gasteiger partial charge in [-0.25, -0.2) is 4.39 Å². The first-order valence-electron chi connectivity index (χ1n) is 4.97. The topological polar surface area (TPSA) is 9.23 Å². The number of para-hydroxylation sites is 1. The molecule has 0 aliphatic heterocycles. The number of hydrogen-bond donors (Lipinski definition) is 0. The minimum atomic E-state index is -0.384. The summed E-state index contributed by atoms with van der Waals surface area (Å²) in [6.45, 7) is 0. The Bertz CT molecular complexity index is 529. The van der Waals surface area contributed by atoms with E-state index in [1.807, 2.05) is 0 Å². The van der Waals surface area contributed by atoms with Crippen molar-refractivity contribution in [1.29, 1.82) is 0 Å². The van der Waals surface area contributed by atoms with Gasteiger partial charge in [0.15, 0.2) is 0 Å². The molecule has 4 heteroatoms. The lowest BCUT2D eigenvalue weighted by Crippen LogP contribution is -1.89. The van der Waals surface area contributed by atoms with E-state index in [0.29, 0.717) is 22.1 Å². The van der Waals surface area contributed by atoms with Crippen LogP contribution in [0.15, 0.2) is 42.5 Å². The second-order valence-electron chi connectivity index (χ2n) is 3.46. The van der Waals surface area contributed by atoms with Crippen LogP contribution in [-0.2, 0) is 5.88 Å². The molecule has 0 saturated heterocycles. The van der Waals surface area contributed by atoms with Crippen molar-refractivity contribution >= 4 is 23.2 Å². The van der Waals surface area contributed by atoms with E-state index in [4.69, 9.17) is 27.9 Å². The van der Waals surface area contributed by atoms with Crippen molar-refractivity contribution in [3.8, 4) is 11.5 Å². The zero-order chi connectivity index (χ0) is 12.3. The Balaban J connectivity index is 2.30. The van der Waals surface area contributed by atoms with Crippen LogP contribution in [0.4, 0.5) is 4.39 Å². The standard InChI is InChI=1S/C13H9Cl2FO/c14-8-9-5-10(16)7-11(6-9)17-13-4-2-1-3-12(13)15/h1-7H,8H2. The lowest BCUT2D eigenvalue weighted by Gasteiger charge is -2.08. The second-order valence-corrected chi connectivity index (χ2v) is 4.14. The first-order chi connectivity index (χ1) is 8.19. The molecule has 0 fully saturated rings. The highest BCUT2D eigenvalue weighted by Crippen LogP contribution is 2.29. The molecule has 0 bridgehead atoms. The summed E-state index contributed by atoms with van der Waals surface area (Å²) in [7, 11) is 0. The Hall–Kier alpha value is -1.25. The van der Waals surface area contributed by atoms with Crippen molar-refractivity contribution in [2.75, 3.05) is 0 Å². The fraction of sp³-hybridized carbons (Fsp3) is 0.0769. The van der Waals surface area contributed by atoms with Gasteiger partial charge < -0.3 is 4.74 Å². The summed E-state index contributed by atoms with van der Waals surface area (Å²) in [6.07, 6.45) is 0. The smallest absolute Gasteiger partial charge is 0.146 e. The normalized spacial score (nSPS) is 10.3. The number of benzene rings is 2. The fourth-order valence-corrected chi connectivity index (χ4v) is 1.74. The van der Waals surface area contributed by atoms with Gasteiger partial charge in [-0.3, -0.25) is 0 Å². The SMILES string of the molecule is Fc1cc(CCl)cc(Oc2ccccc2Cl)c1. The van der Waals surface area contributed by atoms with Gasteiger partial charge in [-0.2, -0.15) is 0 Å². The maximum absolute atomic E-state index is 13.2. The van der Waals surface area contributed by atoms with Crippen molar-refractivity contribution in [3.63, 3.8) is 0 Å². The fourth-order valence-electron chi connectivity index (χ4n) is 1.41. The van der Waals surface area contributed by atoms with E-state index in [9.17, 15) is 4.39 Å². The monoisotopic (exact) mass is 270 g/mol. The zero-order valence-corrected chi connectivity index (χ0v) is 10.3. The van der Waals surface area contributed by atoms with Crippen LogP contribution in [0.2, 0.25) is 5.02 Å². The highest BCUT2D eigenvalue weighted by molar-refractivity contribution is 6.32. The highest BCUT2D eigenvalue weighted by Gasteiger charge is 2.05. The van der Waals surface area contributed by atoms with Crippen molar-refractivity contribution in [2.45, 2.75) is 5.88 Å². The molecule has 17 heavy (non-hydrogen) atoms. The summed E-state index contributed by atoms with van der Waals surface area (Å²) in [5.41, 5.74) is 0.661. The third-order valence-electron chi connectivity index (χ3n) is 2.15. The molecule has 0 atom stereocenters. The summed E-state index contributed by atoms with van der Waals surface area (Å²) in [5, 5.41) is 0.476. The Morgan fingerprint density at radius 2 is 1.88 bits per heavy atom. The highest BCUT2D eigenvalue weighted by atomic mass is 35.5. The molecule has 2 aromatic carbocycles. The predicted molar refractivity (Wildman–Crippen MR) is 67.5 cm³/mol. The molecule has 88 valence electrons. The molecule has 0 aromatic heterocycles. The maximum atomic E-state index is 13.2. The van der Waals surface area contributed by atoms with Gasteiger partial charge in [-0.15, -0.1) is 11.6 Å². The molecule has 0 aliphatic carbocycles. The molecule has 0 unspecified atom stereocenters. The van der Waals surface area contributed by atoms with E-state index in [2.05, 4.69) is 0 Å². The molecule has 0 saturated carbocycles. The second kappa shape index (κ2) is 5.39. The number of alkyl halides is 1. The minimum Gasteiger partial charge on any atom is -0.456 e. The summed E-state index contributed by atoms with van der Waals surface area (Å²) < 4.78 is 18.7. The number of hydrogen-bond acceptors (Lipinski definition) is 1. The van der Waals surface area contributed by atoms with E-state index in [-0.39, 0.29) is 11.7 Å². The molecule has 0 N–H and O–H groups in total. The Morgan fingerprint density at radius 3 is 2.59 bits per heavy atom. The molecule has 1 nitrogen and oxygen atoms in total. The van der Waals surface area contributed by atoms with Crippen LogP contribution in [0.25, 0.3) is 0 Å². The van der Waals surface area contributed by atoms with Crippen molar-refractivity contribution in [2.24, 2.45) is 0 Å². The number of halogens is 3. The quantitative estimate of drug-likeness (QED) is 0.713. The van der Waals surface area contributed by atoms with Crippen LogP contribution in [0.1, 0.15) is 5.56 Å². The summed E-state index contributed by atoms with van der Waals surface area (Å²) in [4.78, 5) is 0. The Labute approximate surface area is 109 Å². The van der Waals surface area contributed by atoms with E-state index < -0.39 is 0 Å². The molecular formula is C13H9Cl2FO. The van der Waals surface area contributed by atoms with Crippen LogP contribution in [0.3, 0.4) is 0 Å². The Kier molecular flexibility index (Phi) is 3.87. The van der Waals surface area contributed by atoms with Crippen LogP contribution < -0.4 is 4.74 Å². The van der Waals surface area contributed by atoms with E-state index in [1.165, 1.54) is 12.1 Å². The average Bonchev–Trinajstić information content (AvgIpc) is 2.31. The lowest BCUT2D eigenvalue weighted by molar-refractivity contribution is 0.476. The third kappa shape index (κ3) is 3.11. The Morgan fingerprint density at radius 1 is 1.12 bits per heavy atom. The van der Waals surface area contributed by atoms with E-state index in [0.717, 1.165) is 0 Å². The summed E-state index contributed by atoms with van der Waals surface area (Å²) >= 11 is 11.6. The molecule has 2 rings (SSSR count). The van der Waals surface area contributed by atoms with Crippen LogP contribution in [-0.4, -0.2) is 0 Å². The lowest BCUT2D eigenvalue weighted by atomic mass is 10.2. The summed E-state index contributed by atoms with van der Waals surface area (Å²) in [5.74, 6) is 0.718. The van der Waals surface area contributed by atoms with Gasteiger partial charge in [0, 0.05) is 11.9 Å². The van der Waals surface area contributed by atoms with Gasteiger partial charge in [0.2, 0.25) is 0 Å². The first kappa shape index (κ1) is 12.2. The van der Waals surface area contributed by atoms with Gasteiger partial charge in [0.1, 0.15) is 17.3 Å². The van der Waals surface area contributed by atoms with E-state index >= 15 is 0 Å². The maximum Gasteiger partial charge on any atom is 0.146 e. The van der Waals surface area contributed by atoms with Crippen molar-refractivity contribution in [1.82, 2.24) is 0 Å². The number of ether oxygens (including phenoxy) is 1. The van der Waals surface area contributed by atoms with Crippen molar-refractivity contribution < 1.29 is 9.13 Å². The average molecular weight is 271 g/mol. The van der Waals surface area contributed by atoms with Gasteiger partial charge >= 0.3 is 0 Å². The summed E-state index contributed by atoms with van der Waals surface area (Å²) in [6, 6.07) is 11.4. The molecule has 0 aliphatic rings. The van der Waals surface area contributed by atoms with Gasteiger partial charge in [-0.1, -0.05) is 23.7 Å². The van der Waals surface area contributed by atoms with Crippen LogP contribution >= 0.6 is 23.2 Å². The van der Waals surface area contributed by atoms with Gasteiger partial charge in [-0.05, 0) is 29.8 Å². The molecule has 0 amide bonds. The van der Waals surface area contributed by atoms with E-state index in [1.54, 1.807) is 30.3 Å². The molecule has 2 aromatic rings. The molecule has 0 spiro atoms.